The molecule has 1 aromatic heterocycles. The second-order valence-corrected chi connectivity index (χ2v) is 5.09. The average molecular weight is 265 g/mol. The second kappa shape index (κ2) is 5.22. The predicted octanol–water partition coefficient (Wildman–Crippen LogP) is 2.44. The van der Waals surface area contributed by atoms with Gasteiger partial charge in [0.15, 0.2) is 0 Å². The number of hydrogen-bond acceptors (Lipinski definition) is 5. The lowest BCUT2D eigenvalue weighted by atomic mass is 10.0. The van der Waals surface area contributed by atoms with E-state index in [2.05, 4.69) is 11.1 Å². The molecule has 4 nitrogen and oxygen atoms in total. The van der Waals surface area contributed by atoms with Crippen LogP contribution in [-0.2, 0) is 9.47 Å². The van der Waals surface area contributed by atoms with Crippen LogP contribution in [-0.4, -0.2) is 38.5 Å². The van der Waals surface area contributed by atoms with Crippen LogP contribution in [0.15, 0.2) is 17.6 Å². The maximum absolute atomic E-state index is 5.57. The van der Waals surface area contributed by atoms with E-state index in [4.69, 9.17) is 14.2 Å². The van der Waals surface area contributed by atoms with Crippen LogP contribution in [0.4, 0.5) is 0 Å². The zero-order valence-electron chi connectivity index (χ0n) is 10.2. The van der Waals surface area contributed by atoms with Gasteiger partial charge < -0.3 is 14.2 Å². The highest BCUT2D eigenvalue weighted by Crippen LogP contribution is 2.34. The molecule has 1 aromatic carbocycles. The molecule has 0 amide bonds. The molecule has 1 aliphatic rings. The number of nitrogens with zero attached hydrogens (tertiary/aromatic N) is 1. The number of aromatic nitrogens is 1. The fourth-order valence-electron chi connectivity index (χ4n) is 2.23. The first-order chi connectivity index (χ1) is 8.90. The summed E-state index contributed by atoms with van der Waals surface area (Å²) in [5, 5.41) is 0. The van der Waals surface area contributed by atoms with Crippen LogP contribution >= 0.6 is 11.3 Å². The Balaban J connectivity index is 2.03. The molecule has 0 atom stereocenters. The van der Waals surface area contributed by atoms with Crippen LogP contribution in [0.2, 0.25) is 0 Å². The van der Waals surface area contributed by atoms with Crippen LogP contribution in [0.5, 0.6) is 5.75 Å². The molecule has 0 unspecified atom stereocenters. The lowest BCUT2D eigenvalue weighted by molar-refractivity contribution is 0.103. The number of benzene rings is 1. The van der Waals surface area contributed by atoms with Gasteiger partial charge in [0.2, 0.25) is 0 Å². The molecule has 0 saturated carbocycles. The summed E-state index contributed by atoms with van der Waals surface area (Å²) in [5.74, 6) is 1.10. The Bertz CT molecular complexity index is 532. The van der Waals surface area contributed by atoms with E-state index in [1.807, 2.05) is 11.6 Å². The number of rotatable bonds is 2. The van der Waals surface area contributed by atoms with Crippen molar-refractivity contribution in [2.45, 2.75) is 5.92 Å². The minimum atomic E-state index is 0.279. The highest BCUT2D eigenvalue weighted by molar-refractivity contribution is 7.17. The highest BCUT2D eigenvalue weighted by atomic mass is 32.1. The Labute approximate surface area is 109 Å². The van der Waals surface area contributed by atoms with Crippen molar-refractivity contribution in [2.75, 3.05) is 33.5 Å². The smallest absolute Gasteiger partial charge is 0.145 e. The zero-order valence-corrected chi connectivity index (χ0v) is 11.0. The van der Waals surface area contributed by atoms with E-state index >= 15 is 0 Å². The van der Waals surface area contributed by atoms with Gasteiger partial charge in [0, 0.05) is 5.92 Å². The molecule has 1 saturated heterocycles. The van der Waals surface area contributed by atoms with Gasteiger partial charge in [-0.05, 0) is 11.6 Å². The summed E-state index contributed by atoms with van der Waals surface area (Å²) >= 11 is 1.64. The SMILES string of the molecule is COc1ccc(C2COCCOC2)c2scnc12. The first kappa shape index (κ1) is 11.9. The van der Waals surface area contributed by atoms with Gasteiger partial charge in [-0.15, -0.1) is 11.3 Å². The second-order valence-electron chi connectivity index (χ2n) is 4.23. The summed E-state index contributed by atoms with van der Waals surface area (Å²) in [6.07, 6.45) is 0. The van der Waals surface area contributed by atoms with Crippen LogP contribution < -0.4 is 4.74 Å². The molecule has 2 aromatic rings. The summed E-state index contributed by atoms with van der Waals surface area (Å²) in [6, 6.07) is 4.07. The average Bonchev–Trinajstić information content (AvgIpc) is 2.73. The maximum Gasteiger partial charge on any atom is 0.145 e. The molecule has 2 heterocycles. The van der Waals surface area contributed by atoms with Gasteiger partial charge >= 0.3 is 0 Å². The molecule has 96 valence electrons. The minimum absolute atomic E-state index is 0.279. The highest BCUT2D eigenvalue weighted by Gasteiger charge is 2.20. The molecule has 0 N–H and O–H groups in total. The van der Waals surface area contributed by atoms with Crippen LogP contribution in [0, 0.1) is 0 Å². The quantitative estimate of drug-likeness (QED) is 0.836. The monoisotopic (exact) mass is 265 g/mol. The Kier molecular flexibility index (Phi) is 3.45. The molecule has 3 rings (SSSR count). The molecule has 0 bridgehead atoms. The van der Waals surface area contributed by atoms with E-state index < -0.39 is 0 Å². The third-order valence-corrected chi connectivity index (χ3v) is 4.02. The van der Waals surface area contributed by atoms with Crippen molar-refractivity contribution in [3.05, 3.63) is 23.2 Å². The molecule has 0 radical (unpaired) electrons. The van der Waals surface area contributed by atoms with Crippen molar-refractivity contribution in [1.82, 2.24) is 4.98 Å². The summed E-state index contributed by atoms with van der Waals surface area (Å²) in [4.78, 5) is 4.38. The van der Waals surface area contributed by atoms with E-state index in [1.54, 1.807) is 18.4 Å². The van der Waals surface area contributed by atoms with Crippen LogP contribution in [0.3, 0.4) is 0 Å². The largest absolute Gasteiger partial charge is 0.494 e. The zero-order chi connectivity index (χ0) is 12.4. The number of ether oxygens (including phenoxy) is 3. The van der Waals surface area contributed by atoms with E-state index in [-0.39, 0.29) is 5.92 Å². The molecule has 0 aliphatic carbocycles. The topological polar surface area (TPSA) is 40.6 Å². The minimum Gasteiger partial charge on any atom is -0.494 e. The summed E-state index contributed by atoms with van der Waals surface area (Å²) in [5.41, 5.74) is 4.04. The van der Waals surface area contributed by atoms with E-state index in [0.717, 1.165) is 11.3 Å². The molecule has 1 aliphatic heterocycles. The number of methoxy groups -OCH3 is 1. The number of fused-ring (bicyclic) bond motifs is 1. The third-order valence-electron chi connectivity index (χ3n) is 3.15. The summed E-state index contributed by atoms with van der Waals surface area (Å²) < 4.78 is 17.7. The van der Waals surface area contributed by atoms with Crippen molar-refractivity contribution in [3.63, 3.8) is 0 Å². The molecular weight excluding hydrogens is 250 g/mol. The predicted molar refractivity (Wildman–Crippen MR) is 70.6 cm³/mol. The summed E-state index contributed by atoms with van der Waals surface area (Å²) in [6.45, 7) is 2.77. The molecular formula is C13H15NO3S. The van der Waals surface area contributed by atoms with Crippen molar-refractivity contribution < 1.29 is 14.2 Å². The van der Waals surface area contributed by atoms with Gasteiger partial charge in [0.05, 0.1) is 43.7 Å². The van der Waals surface area contributed by atoms with Gasteiger partial charge in [-0.3, -0.25) is 0 Å². The van der Waals surface area contributed by atoms with Crippen molar-refractivity contribution in [1.29, 1.82) is 0 Å². The summed E-state index contributed by atoms with van der Waals surface area (Å²) in [7, 11) is 1.67. The van der Waals surface area contributed by atoms with E-state index in [0.29, 0.717) is 26.4 Å². The maximum atomic E-state index is 5.57. The van der Waals surface area contributed by atoms with Gasteiger partial charge in [-0.25, -0.2) is 4.98 Å². The Morgan fingerprint density at radius 1 is 1.28 bits per heavy atom. The van der Waals surface area contributed by atoms with E-state index in [9.17, 15) is 0 Å². The Morgan fingerprint density at radius 3 is 2.78 bits per heavy atom. The van der Waals surface area contributed by atoms with Crippen LogP contribution in [0.1, 0.15) is 11.5 Å². The fraction of sp³-hybridized carbons (Fsp3) is 0.462. The lowest BCUT2D eigenvalue weighted by Crippen LogP contribution is -2.10. The molecule has 1 fully saturated rings. The first-order valence-corrected chi connectivity index (χ1v) is 6.83. The normalized spacial score (nSPS) is 17.8. The molecule has 5 heteroatoms. The lowest BCUT2D eigenvalue weighted by Gasteiger charge is -2.15. The standard InChI is InChI=1S/C13H15NO3S/c1-15-11-3-2-10(13-12(11)14-8-18-13)9-6-16-4-5-17-7-9/h2-3,8-9H,4-7H2,1H3. The van der Waals surface area contributed by atoms with Gasteiger partial charge in [-0.1, -0.05) is 6.07 Å². The first-order valence-electron chi connectivity index (χ1n) is 5.95. The van der Waals surface area contributed by atoms with Crippen molar-refractivity contribution in [2.24, 2.45) is 0 Å². The third kappa shape index (κ3) is 2.09. The number of hydrogen-bond donors (Lipinski definition) is 0. The van der Waals surface area contributed by atoms with Crippen molar-refractivity contribution >= 4 is 21.6 Å². The Morgan fingerprint density at radius 2 is 2.06 bits per heavy atom. The van der Waals surface area contributed by atoms with Crippen LogP contribution in [0.25, 0.3) is 10.2 Å². The number of thiazole rings is 1. The van der Waals surface area contributed by atoms with Crippen molar-refractivity contribution in [3.8, 4) is 5.75 Å². The molecule has 0 spiro atoms. The Hall–Kier alpha value is -1.17. The van der Waals surface area contributed by atoms with Gasteiger partial charge in [-0.2, -0.15) is 0 Å². The van der Waals surface area contributed by atoms with E-state index in [1.165, 1.54) is 10.3 Å². The van der Waals surface area contributed by atoms with Gasteiger partial charge in [0.1, 0.15) is 11.3 Å². The van der Waals surface area contributed by atoms with Gasteiger partial charge in [0.25, 0.3) is 0 Å². The fourth-order valence-corrected chi connectivity index (χ4v) is 3.13. The molecule has 18 heavy (non-hydrogen) atoms.